The Balaban J connectivity index is 1.51. The number of fused-ring (bicyclic) bond motifs is 1. The van der Waals surface area contributed by atoms with E-state index >= 15 is 0 Å². The molecule has 142 valence electrons. The number of H-pyrrole nitrogens is 1. The minimum Gasteiger partial charge on any atom is -0.491 e. The molecular weight excluding hydrogens is 350 g/mol. The van der Waals surface area contributed by atoms with Crippen molar-refractivity contribution >= 4 is 16.9 Å². The number of nitrogens with one attached hydrogen (secondary N) is 1. The molecule has 2 unspecified atom stereocenters. The number of aliphatic carboxylic acids is 1. The maximum absolute atomic E-state index is 10.7. The van der Waals surface area contributed by atoms with Gasteiger partial charge in [-0.05, 0) is 35.9 Å². The zero-order valence-electron chi connectivity index (χ0n) is 14.5. The third kappa shape index (κ3) is 4.99. The number of aliphatic hydroxyl groups excluding tert-OH is 2. The van der Waals surface area contributed by atoms with E-state index in [0.29, 0.717) is 17.1 Å². The molecule has 0 amide bonds. The van der Waals surface area contributed by atoms with Crippen LogP contribution in [0.1, 0.15) is 5.56 Å². The molecule has 0 aliphatic carbocycles. The lowest BCUT2D eigenvalue weighted by Gasteiger charge is -2.15. The lowest BCUT2D eigenvalue weighted by atomic mass is 10.1. The largest absolute Gasteiger partial charge is 0.491 e. The van der Waals surface area contributed by atoms with Gasteiger partial charge in [-0.1, -0.05) is 18.2 Å². The van der Waals surface area contributed by atoms with Gasteiger partial charge in [0.25, 0.3) is 0 Å². The third-order valence-corrected chi connectivity index (χ3v) is 4.04. The minimum atomic E-state index is -1.46. The molecule has 7 heteroatoms. The number of hydrogen-bond donors (Lipinski definition) is 4. The minimum absolute atomic E-state index is 0.0150. The molecule has 3 aromatic rings. The summed E-state index contributed by atoms with van der Waals surface area (Å²) < 4.78 is 11.2. The average molecular weight is 371 g/mol. The average Bonchev–Trinajstić information content (AvgIpc) is 3.14. The molecule has 3 rings (SSSR count). The van der Waals surface area contributed by atoms with Gasteiger partial charge >= 0.3 is 5.97 Å². The van der Waals surface area contributed by atoms with E-state index in [-0.39, 0.29) is 19.6 Å². The quantitative estimate of drug-likeness (QED) is 0.458. The fourth-order valence-electron chi connectivity index (χ4n) is 2.68. The van der Waals surface area contributed by atoms with Crippen LogP contribution in [0.3, 0.4) is 0 Å². The predicted molar refractivity (Wildman–Crippen MR) is 99.1 cm³/mol. The second kappa shape index (κ2) is 8.57. The van der Waals surface area contributed by atoms with E-state index < -0.39 is 18.2 Å². The highest BCUT2D eigenvalue weighted by Crippen LogP contribution is 2.24. The molecule has 0 spiro atoms. The molecule has 0 saturated carbocycles. The van der Waals surface area contributed by atoms with Gasteiger partial charge < -0.3 is 29.8 Å². The second-order valence-electron chi connectivity index (χ2n) is 6.18. The highest BCUT2D eigenvalue weighted by molar-refractivity contribution is 5.85. The Kier molecular flexibility index (Phi) is 5.95. The highest BCUT2D eigenvalue weighted by Gasteiger charge is 2.14. The summed E-state index contributed by atoms with van der Waals surface area (Å²) in [6.07, 6.45) is -0.493. The number of carboxylic acids is 1. The number of aromatic nitrogens is 1. The van der Waals surface area contributed by atoms with E-state index in [1.807, 2.05) is 30.5 Å². The summed E-state index contributed by atoms with van der Waals surface area (Å²) in [6, 6.07) is 14.3. The van der Waals surface area contributed by atoms with Crippen LogP contribution in [0.25, 0.3) is 10.9 Å². The van der Waals surface area contributed by atoms with Gasteiger partial charge in [0.2, 0.25) is 0 Å². The van der Waals surface area contributed by atoms with Crippen LogP contribution in [0, 0.1) is 0 Å². The highest BCUT2D eigenvalue weighted by atomic mass is 16.5. The Bertz CT molecular complexity index is 906. The van der Waals surface area contributed by atoms with Crippen molar-refractivity contribution in [1.82, 2.24) is 4.98 Å². The summed E-state index contributed by atoms with van der Waals surface area (Å²) in [4.78, 5) is 13.8. The molecule has 0 saturated heterocycles. The van der Waals surface area contributed by atoms with Crippen molar-refractivity contribution in [2.75, 3.05) is 13.2 Å². The number of ether oxygens (including phenoxy) is 2. The van der Waals surface area contributed by atoms with Crippen molar-refractivity contribution in [2.45, 2.75) is 18.6 Å². The lowest BCUT2D eigenvalue weighted by molar-refractivity contribution is -0.146. The van der Waals surface area contributed by atoms with Gasteiger partial charge in [0.15, 0.2) is 6.10 Å². The molecule has 4 N–H and O–H groups in total. The van der Waals surface area contributed by atoms with Crippen LogP contribution in [0.5, 0.6) is 11.5 Å². The van der Waals surface area contributed by atoms with E-state index in [4.69, 9.17) is 14.6 Å². The van der Waals surface area contributed by atoms with Gasteiger partial charge in [-0.2, -0.15) is 0 Å². The monoisotopic (exact) mass is 371 g/mol. The maximum atomic E-state index is 10.7. The summed E-state index contributed by atoms with van der Waals surface area (Å²) in [7, 11) is 0. The van der Waals surface area contributed by atoms with Gasteiger partial charge in [0, 0.05) is 23.5 Å². The van der Waals surface area contributed by atoms with E-state index in [1.165, 1.54) is 0 Å². The van der Waals surface area contributed by atoms with Crippen LogP contribution in [0.15, 0.2) is 54.7 Å². The number of hydrogen-bond acceptors (Lipinski definition) is 5. The fraction of sp³-hybridized carbons (Fsp3) is 0.250. The van der Waals surface area contributed by atoms with Crippen LogP contribution in [-0.4, -0.2) is 51.7 Å². The number of aromatic amines is 1. The zero-order chi connectivity index (χ0) is 19.2. The molecule has 1 heterocycles. The normalized spacial score (nSPS) is 13.3. The van der Waals surface area contributed by atoms with Gasteiger partial charge in [-0.15, -0.1) is 0 Å². The second-order valence-corrected chi connectivity index (χ2v) is 6.18. The molecular formula is C20H21NO6. The van der Waals surface area contributed by atoms with Crippen LogP contribution in [0.4, 0.5) is 0 Å². The van der Waals surface area contributed by atoms with E-state index in [0.717, 1.165) is 10.9 Å². The summed E-state index contributed by atoms with van der Waals surface area (Å²) in [6.45, 7) is 0.0930. The molecule has 0 radical (unpaired) electrons. The molecule has 0 aliphatic heterocycles. The van der Waals surface area contributed by atoms with Crippen LogP contribution >= 0.6 is 0 Å². The Hall–Kier alpha value is -3.03. The van der Waals surface area contributed by atoms with Crippen molar-refractivity contribution in [1.29, 1.82) is 0 Å². The molecule has 7 nitrogen and oxygen atoms in total. The van der Waals surface area contributed by atoms with Crippen molar-refractivity contribution in [3.05, 3.63) is 60.3 Å². The fourth-order valence-corrected chi connectivity index (χ4v) is 2.68. The van der Waals surface area contributed by atoms with Crippen molar-refractivity contribution in [2.24, 2.45) is 0 Å². The number of aliphatic hydroxyl groups is 2. The zero-order valence-corrected chi connectivity index (χ0v) is 14.5. The summed E-state index contributed by atoms with van der Waals surface area (Å²) in [5.74, 6) is -0.110. The van der Waals surface area contributed by atoms with Crippen molar-refractivity contribution in [3.8, 4) is 11.5 Å². The molecule has 0 bridgehead atoms. The summed E-state index contributed by atoms with van der Waals surface area (Å²) >= 11 is 0. The summed E-state index contributed by atoms with van der Waals surface area (Å²) in [5.41, 5.74) is 1.59. The number of carboxylic acid groups (broad SMARTS) is 1. The molecule has 1 aromatic heterocycles. The molecule has 2 aromatic carbocycles. The predicted octanol–water partition coefficient (Wildman–Crippen LogP) is 1.97. The van der Waals surface area contributed by atoms with Gasteiger partial charge in [0.05, 0.1) is 0 Å². The van der Waals surface area contributed by atoms with Crippen LogP contribution < -0.4 is 9.47 Å². The Morgan fingerprint density at radius 3 is 2.63 bits per heavy atom. The maximum Gasteiger partial charge on any atom is 0.332 e. The van der Waals surface area contributed by atoms with Crippen molar-refractivity contribution in [3.63, 3.8) is 0 Å². The SMILES string of the molecule is O=C(O)C(O)Cc1cccc(OCC(O)COc2cccc3[nH]ccc23)c1. The number of benzene rings is 2. The number of carbonyl (C=O) groups is 1. The molecule has 0 aliphatic rings. The van der Waals surface area contributed by atoms with Crippen LogP contribution in [0.2, 0.25) is 0 Å². The first kappa shape index (κ1) is 18.8. The van der Waals surface area contributed by atoms with Crippen molar-refractivity contribution < 1.29 is 29.6 Å². The number of rotatable bonds is 9. The Morgan fingerprint density at radius 2 is 1.81 bits per heavy atom. The third-order valence-electron chi connectivity index (χ3n) is 4.04. The Morgan fingerprint density at radius 1 is 1.04 bits per heavy atom. The first-order valence-electron chi connectivity index (χ1n) is 8.52. The Labute approximate surface area is 155 Å². The lowest BCUT2D eigenvalue weighted by Crippen LogP contribution is -2.25. The molecule has 2 atom stereocenters. The van der Waals surface area contributed by atoms with E-state index in [2.05, 4.69) is 4.98 Å². The first-order chi connectivity index (χ1) is 13.0. The van der Waals surface area contributed by atoms with Gasteiger partial charge in [-0.3, -0.25) is 0 Å². The topological polar surface area (TPSA) is 112 Å². The van der Waals surface area contributed by atoms with Crippen LogP contribution in [-0.2, 0) is 11.2 Å². The first-order valence-corrected chi connectivity index (χ1v) is 8.52. The smallest absolute Gasteiger partial charge is 0.332 e. The molecule has 27 heavy (non-hydrogen) atoms. The van der Waals surface area contributed by atoms with E-state index in [1.54, 1.807) is 24.3 Å². The standard InChI is InChI=1S/C20H21NO6/c22-14(12-27-19-6-2-5-17-16(19)7-8-21-17)11-26-15-4-1-3-13(9-15)10-18(23)20(24)25/h1-9,14,18,21-23H,10-12H2,(H,24,25). The molecule has 0 fully saturated rings. The van der Waals surface area contributed by atoms with Gasteiger partial charge in [0.1, 0.15) is 30.8 Å². The summed E-state index contributed by atoms with van der Waals surface area (Å²) in [5, 5.41) is 29.2. The van der Waals surface area contributed by atoms with E-state index in [9.17, 15) is 15.0 Å². The van der Waals surface area contributed by atoms with Gasteiger partial charge in [-0.25, -0.2) is 4.79 Å².